The van der Waals surface area contributed by atoms with E-state index >= 15 is 0 Å². The number of nitrogens with one attached hydrogen (secondary N) is 1. The molecule has 1 unspecified atom stereocenters. The van der Waals surface area contributed by atoms with E-state index in [0.717, 1.165) is 12.0 Å². The van der Waals surface area contributed by atoms with Gasteiger partial charge in [0.1, 0.15) is 11.8 Å². The summed E-state index contributed by atoms with van der Waals surface area (Å²) in [4.78, 5) is 11.8. The van der Waals surface area contributed by atoms with Crippen LogP contribution in [0.15, 0.2) is 18.2 Å². The molecule has 0 aromatic heterocycles. The Morgan fingerprint density at radius 2 is 2.15 bits per heavy atom. The Morgan fingerprint density at radius 3 is 2.75 bits per heavy atom. The largest absolute Gasteiger partial charge is 0.491 e. The van der Waals surface area contributed by atoms with Crippen LogP contribution in [-0.4, -0.2) is 32.3 Å². The average molecular weight is 303 g/mol. The van der Waals surface area contributed by atoms with E-state index in [2.05, 4.69) is 5.32 Å². The van der Waals surface area contributed by atoms with Gasteiger partial charge in [-0.3, -0.25) is 4.79 Å². The molecule has 20 heavy (non-hydrogen) atoms. The van der Waals surface area contributed by atoms with E-state index in [0.29, 0.717) is 18.0 Å². The van der Waals surface area contributed by atoms with Gasteiger partial charge in [0.15, 0.2) is 0 Å². The van der Waals surface area contributed by atoms with Crippen molar-refractivity contribution < 1.29 is 14.3 Å². The van der Waals surface area contributed by atoms with Gasteiger partial charge in [-0.25, -0.2) is 0 Å². The Labute approximate surface area is 126 Å². The Bertz CT molecular complexity index is 427. The molecule has 0 radical (unpaired) electrons. The minimum atomic E-state index is -0.690. The summed E-state index contributed by atoms with van der Waals surface area (Å²) in [7, 11) is 1.51. The van der Waals surface area contributed by atoms with Crippen molar-refractivity contribution in [3.8, 4) is 5.75 Å². The molecule has 0 heterocycles. The Kier molecular flexibility index (Phi) is 8.96. The van der Waals surface area contributed by atoms with Gasteiger partial charge in [-0.1, -0.05) is 13.0 Å². The zero-order valence-corrected chi connectivity index (χ0v) is 13.0. The lowest BCUT2D eigenvalue weighted by Gasteiger charge is -2.15. The highest BCUT2D eigenvalue weighted by molar-refractivity contribution is 5.96. The van der Waals surface area contributed by atoms with Gasteiger partial charge in [0, 0.05) is 7.11 Å². The van der Waals surface area contributed by atoms with E-state index in [9.17, 15) is 4.79 Å². The molecule has 3 N–H and O–H groups in total. The first-order valence-electron chi connectivity index (χ1n) is 6.37. The minimum absolute atomic E-state index is 0. The third-order valence-electron chi connectivity index (χ3n) is 2.54. The summed E-state index contributed by atoms with van der Waals surface area (Å²) < 4.78 is 10.5. The van der Waals surface area contributed by atoms with Crippen LogP contribution < -0.4 is 15.8 Å². The number of methoxy groups -OCH3 is 1. The Morgan fingerprint density at radius 1 is 1.45 bits per heavy atom. The van der Waals surface area contributed by atoms with Crippen LogP contribution in [0.1, 0.15) is 18.9 Å². The van der Waals surface area contributed by atoms with Crippen molar-refractivity contribution in [1.29, 1.82) is 0 Å². The molecule has 0 aliphatic heterocycles. The lowest BCUT2D eigenvalue weighted by atomic mass is 10.2. The van der Waals surface area contributed by atoms with Crippen molar-refractivity contribution in [2.45, 2.75) is 26.3 Å². The highest BCUT2D eigenvalue weighted by Gasteiger charge is 2.15. The van der Waals surface area contributed by atoms with Gasteiger partial charge in [-0.15, -0.1) is 12.4 Å². The summed E-state index contributed by atoms with van der Waals surface area (Å²) in [6, 6.07) is 4.94. The SMILES string of the molecule is CCCOc1cc(C)ccc1NC(=O)C(N)COC.Cl. The Balaban J connectivity index is 0.00000361. The maximum Gasteiger partial charge on any atom is 0.243 e. The van der Waals surface area contributed by atoms with Crippen LogP contribution in [0.3, 0.4) is 0 Å². The van der Waals surface area contributed by atoms with Crippen molar-refractivity contribution in [2.24, 2.45) is 5.73 Å². The number of benzene rings is 1. The van der Waals surface area contributed by atoms with Gasteiger partial charge >= 0.3 is 0 Å². The first-order valence-corrected chi connectivity index (χ1v) is 6.37. The van der Waals surface area contributed by atoms with Crippen molar-refractivity contribution in [3.05, 3.63) is 23.8 Å². The first-order chi connectivity index (χ1) is 9.08. The standard InChI is InChI=1S/C14H22N2O3.ClH/c1-4-7-19-13-8-10(2)5-6-12(13)16-14(17)11(15)9-18-3;/h5-6,8,11H,4,7,9,15H2,1-3H3,(H,16,17);1H. The number of carbonyl (C=O) groups excluding carboxylic acids is 1. The lowest BCUT2D eigenvalue weighted by molar-refractivity contribution is -0.118. The number of anilines is 1. The molecular formula is C14H23ClN2O3. The first kappa shape index (κ1) is 18.7. The quantitative estimate of drug-likeness (QED) is 0.809. The summed E-state index contributed by atoms with van der Waals surface area (Å²) in [5.74, 6) is 0.381. The van der Waals surface area contributed by atoms with Crippen LogP contribution in [0.4, 0.5) is 5.69 Å². The zero-order valence-electron chi connectivity index (χ0n) is 12.1. The fourth-order valence-corrected chi connectivity index (χ4v) is 1.54. The summed E-state index contributed by atoms with van der Waals surface area (Å²) >= 11 is 0. The molecular weight excluding hydrogens is 280 g/mol. The van der Waals surface area contributed by atoms with Gasteiger partial charge in [-0.05, 0) is 31.0 Å². The van der Waals surface area contributed by atoms with E-state index in [-0.39, 0.29) is 24.9 Å². The summed E-state index contributed by atoms with van der Waals surface area (Å²) in [5, 5.41) is 2.76. The molecule has 0 bridgehead atoms. The fraction of sp³-hybridized carbons (Fsp3) is 0.500. The predicted molar refractivity (Wildman–Crippen MR) is 82.7 cm³/mol. The molecule has 0 saturated heterocycles. The van der Waals surface area contributed by atoms with Gasteiger partial charge in [-0.2, -0.15) is 0 Å². The third-order valence-corrected chi connectivity index (χ3v) is 2.54. The number of rotatable bonds is 7. The number of ether oxygens (including phenoxy) is 2. The average Bonchev–Trinajstić information content (AvgIpc) is 2.39. The van der Waals surface area contributed by atoms with Crippen LogP contribution in [0.2, 0.25) is 0 Å². The van der Waals surface area contributed by atoms with Crippen LogP contribution in [-0.2, 0) is 9.53 Å². The molecule has 6 heteroatoms. The highest BCUT2D eigenvalue weighted by atomic mass is 35.5. The fourth-order valence-electron chi connectivity index (χ4n) is 1.54. The molecule has 0 aliphatic rings. The molecule has 1 amide bonds. The summed E-state index contributed by atoms with van der Waals surface area (Å²) in [6.07, 6.45) is 0.907. The van der Waals surface area contributed by atoms with Gasteiger partial charge in [0.2, 0.25) is 5.91 Å². The smallest absolute Gasteiger partial charge is 0.243 e. The van der Waals surface area contributed by atoms with Gasteiger partial charge < -0.3 is 20.5 Å². The number of hydrogen-bond acceptors (Lipinski definition) is 4. The van der Waals surface area contributed by atoms with Crippen molar-refractivity contribution in [2.75, 3.05) is 25.6 Å². The van der Waals surface area contributed by atoms with Crippen molar-refractivity contribution >= 4 is 24.0 Å². The number of carbonyl (C=O) groups is 1. The molecule has 1 rings (SSSR count). The van der Waals surface area contributed by atoms with E-state index in [1.54, 1.807) is 0 Å². The molecule has 0 saturated carbocycles. The van der Waals surface area contributed by atoms with E-state index in [4.69, 9.17) is 15.2 Å². The van der Waals surface area contributed by atoms with Gasteiger partial charge in [0.05, 0.1) is 18.9 Å². The maximum absolute atomic E-state index is 11.8. The van der Waals surface area contributed by atoms with Crippen LogP contribution in [0.5, 0.6) is 5.75 Å². The molecule has 1 atom stereocenters. The van der Waals surface area contributed by atoms with E-state index < -0.39 is 6.04 Å². The van der Waals surface area contributed by atoms with Crippen molar-refractivity contribution in [3.63, 3.8) is 0 Å². The summed E-state index contributed by atoms with van der Waals surface area (Å²) in [6.45, 7) is 4.79. The molecule has 1 aromatic rings. The zero-order chi connectivity index (χ0) is 14.3. The molecule has 5 nitrogen and oxygen atoms in total. The topological polar surface area (TPSA) is 73.6 Å². The second-order valence-corrected chi connectivity index (χ2v) is 4.40. The third kappa shape index (κ3) is 5.77. The summed E-state index contributed by atoms with van der Waals surface area (Å²) in [5.41, 5.74) is 7.39. The van der Waals surface area contributed by atoms with Crippen molar-refractivity contribution in [1.82, 2.24) is 0 Å². The lowest BCUT2D eigenvalue weighted by Crippen LogP contribution is -2.39. The number of nitrogens with two attached hydrogens (primary N) is 1. The Hall–Kier alpha value is -1.30. The number of hydrogen-bond donors (Lipinski definition) is 2. The van der Waals surface area contributed by atoms with Crippen LogP contribution >= 0.6 is 12.4 Å². The number of amides is 1. The molecule has 0 spiro atoms. The van der Waals surface area contributed by atoms with E-state index in [1.807, 2.05) is 32.0 Å². The van der Waals surface area contributed by atoms with Crippen LogP contribution in [0, 0.1) is 6.92 Å². The van der Waals surface area contributed by atoms with E-state index in [1.165, 1.54) is 7.11 Å². The maximum atomic E-state index is 11.8. The molecule has 114 valence electrons. The normalized spacial score (nSPS) is 11.4. The predicted octanol–water partition coefficient (Wildman–Crippen LogP) is 2.12. The highest BCUT2D eigenvalue weighted by Crippen LogP contribution is 2.26. The second-order valence-electron chi connectivity index (χ2n) is 4.40. The van der Waals surface area contributed by atoms with Gasteiger partial charge in [0.25, 0.3) is 0 Å². The molecule has 0 fully saturated rings. The molecule has 0 aliphatic carbocycles. The second kappa shape index (κ2) is 9.58. The number of aryl methyl sites for hydroxylation is 1. The van der Waals surface area contributed by atoms with Crippen LogP contribution in [0.25, 0.3) is 0 Å². The minimum Gasteiger partial charge on any atom is -0.491 e. The molecule has 1 aromatic carbocycles. The monoisotopic (exact) mass is 302 g/mol. The number of halogens is 1.